The third kappa shape index (κ3) is 2.01. The highest BCUT2D eigenvalue weighted by Crippen LogP contribution is 2.32. The van der Waals surface area contributed by atoms with E-state index < -0.39 is 6.03 Å². The third-order valence-corrected chi connectivity index (χ3v) is 2.33. The van der Waals surface area contributed by atoms with E-state index in [2.05, 4.69) is 5.32 Å². The highest BCUT2D eigenvalue weighted by Gasteiger charge is 2.22. The number of urea groups is 1. The number of primary amides is 1. The smallest absolute Gasteiger partial charge is 0.312 e. The maximum atomic E-state index is 13.0. The van der Waals surface area contributed by atoms with Crippen LogP contribution in [0.3, 0.4) is 0 Å². The topological polar surface area (TPSA) is 64.4 Å². The largest absolute Gasteiger partial charge is 0.493 e. The van der Waals surface area contributed by atoms with E-state index in [0.717, 1.165) is 0 Å². The predicted molar refractivity (Wildman–Crippen MR) is 52.0 cm³/mol. The number of fused-ring (bicyclic) bond motifs is 1. The Morgan fingerprint density at radius 1 is 1.60 bits per heavy atom. The van der Waals surface area contributed by atoms with Crippen LogP contribution < -0.4 is 15.8 Å². The van der Waals surface area contributed by atoms with Crippen molar-refractivity contribution in [2.75, 3.05) is 6.61 Å². The third-order valence-electron chi connectivity index (χ3n) is 2.33. The van der Waals surface area contributed by atoms with E-state index in [-0.39, 0.29) is 11.9 Å². The first-order valence-electron chi connectivity index (χ1n) is 4.65. The fraction of sp³-hybridized carbons (Fsp3) is 0.300. The fourth-order valence-corrected chi connectivity index (χ4v) is 1.69. The van der Waals surface area contributed by atoms with E-state index in [9.17, 15) is 9.18 Å². The van der Waals surface area contributed by atoms with Gasteiger partial charge in [-0.1, -0.05) is 0 Å². The molecular weight excluding hydrogens is 199 g/mol. The minimum Gasteiger partial charge on any atom is -0.493 e. The monoisotopic (exact) mass is 210 g/mol. The molecule has 1 aromatic rings. The number of ether oxygens (including phenoxy) is 1. The van der Waals surface area contributed by atoms with Gasteiger partial charge in [0.05, 0.1) is 12.6 Å². The molecule has 3 N–H and O–H groups in total. The SMILES string of the molecule is NC(=O)NC1CCOc2ccc(F)cc21. The highest BCUT2D eigenvalue weighted by atomic mass is 19.1. The minimum atomic E-state index is -0.614. The lowest BCUT2D eigenvalue weighted by atomic mass is 10.0. The minimum absolute atomic E-state index is 0.262. The second-order valence-corrected chi connectivity index (χ2v) is 3.38. The molecule has 1 aliphatic rings. The predicted octanol–water partition coefficient (Wildman–Crippen LogP) is 1.32. The van der Waals surface area contributed by atoms with E-state index >= 15 is 0 Å². The van der Waals surface area contributed by atoms with Crippen molar-refractivity contribution in [1.82, 2.24) is 5.32 Å². The Morgan fingerprint density at radius 2 is 2.40 bits per heavy atom. The standard InChI is InChI=1S/C10H11FN2O2/c11-6-1-2-9-7(5-6)8(3-4-15-9)13-10(12)14/h1-2,5,8H,3-4H2,(H3,12,13,14). The summed E-state index contributed by atoms with van der Waals surface area (Å²) in [5, 5.41) is 2.56. The van der Waals surface area contributed by atoms with Crippen molar-refractivity contribution in [1.29, 1.82) is 0 Å². The van der Waals surface area contributed by atoms with Crippen LogP contribution in [0.25, 0.3) is 0 Å². The highest BCUT2D eigenvalue weighted by molar-refractivity contribution is 5.72. The van der Waals surface area contributed by atoms with Crippen LogP contribution in [0.5, 0.6) is 5.75 Å². The molecule has 1 unspecified atom stereocenters. The zero-order chi connectivity index (χ0) is 10.8. The van der Waals surface area contributed by atoms with Crippen LogP contribution in [0.15, 0.2) is 18.2 Å². The van der Waals surface area contributed by atoms with Crippen molar-refractivity contribution in [3.63, 3.8) is 0 Å². The zero-order valence-corrected chi connectivity index (χ0v) is 8.00. The number of amides is 2. The van der Waals surface area contributed by atoms with Crippen molar-refractivity contribution in [3.8, 4) is 5.75 Å². The van der Waals surface area contributed by atoms with E-state index in [0.29, 0.717) is 24.3 Å². The molecule has 2 rings (SSSR count). The van der Waals surface area contributed by atoms with Crippen molar-refractivity contribution in [2.45, 2.75) is 12.5 Å². The number of carbonyl (C=O) groups is 1. The molecular formula is C10H11FN2O2. The Kier molecular flexibility index (Phi) is 2.45. The molecule has 4 nitrogen and oxygen atoms in total. The summed E-state index contributed by atoms with van der Waals surface area (Å²) in [6.45, 7) is 0.490. The van der Waals surface area contributed by atoms with Crippen LogP contribution in [-0.4, -0.2) is 12.6 Å². The van der Waals surface area contributed by atoms with Gasteiger partial charge in [0.2, 0.25) is 0 Å². The van der Waals surface area contributed by atoms with Crippen LogP contribution in [0.2, 0.25) is 0 Å². The van der Waals surface area contributed by atoms with Gasteiger partial charge < -0.3 is 15.8 Å². The van der Waals surface area contributed by atoms with Crippen LogP contribution in [-0.2, 0) is 0 Å². The lowest BCUT2D eigenvalue weighted by molar-refractivity contribution is 0.229. The molecule has 1 heterocycles. The number of nitrogens with two attached hydrogens (primary N) is 1. The number of carbonyl (C=O) groups excluding carboxylic acids is 1. The van der Waals surface area contributed by atoms with E-state index in [1.807, 2.05) is 0 Å². The van der Waals surface area contributed by atoms with Crippen LogP contribution in [0.4, 0.5) is 9.18 Å². The molecule has 0 bridgehead atoms. The second kappa shape index (κ2) is 3.76. The lowest BCUT2D eigenvalue weighted by Crippen LogP contribution is -2.35. The fourth-order valence-electron chi connectivity index (χ4n) is 1.69. The normalized spacial score (nSPS) is 18.9. The first-order chi connectivity index (χ1) is 7.16. The molecule has 2 amide bonds. The van der Waals surface area contributed by atoms with Gasteiger partial charge in [-0.25, -0.2) is 9.18 Å². The Bertz CT molecular complexity index is 395. The van der Waals surface area contributed by atoms with E-state index in [1.54, 1.807) is 6.07 Å². The van der Waals surface area contributed by atoms with Gasteiger partial charge in [0.15, 0.2) is 0 Å². The molecule has 1 aromatic carbocycles. The number of benzene rings is 1. The summed E-state index contributed by atoms with van der Waals surface area (Å²) in [7, 11) is 0. The summed E-state index contributed by atoms with van der Waals surface area (Å²) >= 11 is 0. The van der Waals surface area contributed by atoms with E-state index in [4.69, 9.17) is 10.5 Å². The molecule has 80 valence electrons. The zero-order valence-electron chi connectivity index (χ0n) is 8.00. The van der Waals surface area contributed by atoms with Crippen LogP contribution >= 0.6 is 0 Å². The Morgan fingerprint density at radius 3 is 3.13 bits per heavy atom. The molecule has 0 spiro atoms. The van der Waals surface area contributed by atoms with Crippen LogP contribution in [0.1, 0.15) is 18.0 Å². The summed E-state index contributed by atoms with van der Waals surface area (Å²) in [5.74, 6) is 0.247. The molecule has 0 saturated heterocycles. The Balaban J connectivity index is 2.32. The quantitative estimate of drug-likeness (QED) is 0.734. The first kappa shape index (κ1) is 9.76. The number of hydrogen-bond acceptors (Lipinski definition) is 2. The lowest BCUT2D eigenvalue weighted by Gasteiger charge is -2.25. The molecule has 0 aromatic heterocycles. The van der Waals surface area contributed by atoms with Crippen molar-refractivity contribution < 1.29 is 13.9 Å². The van der Waals surface area contributed by atoms with Gasteiger partial charge in [0, 0.05) is 12.0 Å². The van der Waals surface area contributed by atoms with Gasteiger partial charge in [-0.3, -0.25) is 0 Å². The summed E-state index contributed by atoms with van der Waals surface area (Å²) in [6.07, 6.45) is 0.597. The first-order valence-corrected chi connectivity index (χ1v) is 4.65. The second-order valence-electron chi connectivity index (χ2n) is 3.38. The Hall–Kier alpha value is -1.78. The molecule has 15 heavy (non-hydrogen) atoms. The van der Waals surface area contributed by atoms with Gasteiger partial charge in [-0.05, 0) is 18.2 Å². The molecule has 5 heteroatoms. The summed E-state index contributed by atoms with van der Waals surface area (Å²) in [6, 6.07) is 3.36. The average Bonchev–Trinajstić information content (AvgIpc) is 2.18. The maximum absolute atomic E-state index is 13.0. The van der Waals surface area contributed by atoms with Gasteiger partial charge in [-0.15, -0.1) is 0 Å². The Labute approximate surface area is 86.2 Å². The molecule has 1 aliphatic heterocycles. The molecule has 0 saturated carbocycles. The number of hydrogen-bond donors (Lipinski definition) is 2. The number of halogens is 1. The summed E-state index contributed by atoms with van der Waals surface area (Å²) in [4.78, 5) is 10.7. The summed E-state index contributed by atoms with van der Waals surface area (Å²) < 4.78 is 18.3. The van der Waals surface area contributed by atoms with Crippen molar-refractivity contribution >= 4 is 6.03 Å². The van der Waals surface area contributed by atoms with Gasteiger partial charge >= 0.3 is 6.03 Å². The summed E-state index contributed by atoms with van der Waals surface area (Å²) in [5.41, 5.74) is 5.67. The van der Waals surface area contributed by atoms with Gasteiger partial charge in [0.25, 0.3) is 0 Å². The van der Waals surface area contributed by atoms with Crippen molar-refractivity contribution in [2.24, 2.45) is 5.73 Å². The molecule has 0 radical (unpaired) electrons. The van der Waals surface area contributed by atoms with Gasteiger partial charge in [0.1, 0.15) is 11.6 Å². The van der Waals surface area contributed by atoms with Gasteiger partial charge in [-0.2, -0.15) is 0 Å². The molecule has 0 fully saturated rings. The van der Waals surface area contributed by atoms with E-state index in [1.165, 1.54) is 12.1 Å². The van der Waals surface area contributed by atoms with Crippen molar-refractivity contribution in [3.05, 3.63) is 29.6 Å². The maximum Gasteiger partial charge on any atom is 0.312 e. The average molecular weight is 210 g/mol. The molecule has 0 aliphatic carbocycles. The molecule has 1 atom stereocenters. The van der Waals surface area contributed by atoms with Crippen LogP contribution in [0, 0.1) is 5.82 Å². The number of rotatable bonds is 1. The number of nitrogens with one attached hydrogen (secondary N) is 1.